The van der Waals surface area contributed by atoms with Crippen molar-refractivity contribution in [3.05, 3.63) is 0 Å². The van der Waals surface area contributed by atoms with Gasteiger partial charge in [0.05, 0.1) is 0 Å². The number of hydrogen-bond acceptors (Lipinski definition) is 0. The Hall–Kier alpha value is 0.230. The molecule has 0 bridgehead atoms. The van der Waals surface area contributed by atoms with E-state index in [-0.39, 0.29) is 0 Å². The van der Waals surface area contributed by atoms with Crippen LogP contribution in [-0.4, -0.2) is 16.9 Å². The summed E-state index contributed by atoms with van der Waals surface area (Å²) in [5.74, 6) is 0. The second-order valence-electron chi connectivity index (χ2n) is 2.13. The lowest BCUT2D eigenvalue weighted by Gasteiger charge is -2.20. The summed E-state index contributed by atoms with van der Waals surface area (Å²) >= 11 is 7.95. The highest BCUT2D eigenvalue weighted by Gasteiger charge is 2.59. The third kappa shape index (κ3) is 5.52. The van der Waals surface area contributed by atoms with Crippen molar-refractivity contribution in [2.24, 2.45) is 0 Å². The zero-order valence-electron chi connectivity index (χ0n) is 6.93. The normalized spacial score (nSPS) is 16.2. The summed E-state index contributed by atoms with van der Waals surface area (Å²) in [5, 5.41) is -9.25. The molecular weight excluding hydrogens is 238 g/mol. The quantitative estimate of drug-likeness (QED) is 0.501. The van der Waals surface area contributed by atoms with Crippen LogP contribution in [-0.2, 0) is 0 Å². The fraction of sp³-hybridized carbons (Fsp3) is 1.00. The summed E-state index contributed by atoms with van der Waals surface area (Å²) in [5.41, 5.74) is 0. The Morgan fingerprint density at radius 3 is 1.31 bits per heavy atom. The lowest BCUT2D eigenvalue weighted by molar-refractivity contribution is -0.100. The zero-order valence-corrected chi connectivity index (χ0v) is 8.44. The van der Waals surface area contributed by atoms with Crippen LogP contribution in [0.4, 0.5) is 22.0 Å². The number of halogens is 7. The monoisotopic (exact) mass is 246 g/mol. The van der Waals surface area contributed by atoms with Crippen LogP contribution in [0.3, 0.4) is 0 Å². The van der Waals surface area contributed by atoms with Crippen LogP contribution < -0.4 is 0 Å². The molecule has 0 fully saturated rings. The van der Waals surface area contributed by atoms with E-state index in [0.29, 0.717) is 0 Å². The summed E-state index contributed by atoms with van der Waals surface area (Å²) in [4.78, 5) is 0. The molecule has 0 spiro atoms. The predicted octanol–water partition coefficient (Wildman–Crippen LogP) is 4.40. The number of rotatable bonds is 2. The number of alkyl halides is 7. The molecule has 13 heavy (non-hydrogen) atoms. The maximum absolute atomic E-state index is 11.9. The van der Waals surface area contributed by atoms with Crippen molar-refractivity contribution in [2.75, 3.05) is 0 Å². The largest absolute Gasteiger partial charge is 0.374 e. The first-order valence-electron chi connectivity index (χ1n) is 3.33. The zero-order chi connectivity index (χ0) is 11.3. The van der Waals surface area contributed by atoms with Gasteiger partial charge in [0.15, 0.2) is 0 Å². The summed E-state index contributed by atoms with van der Waals surface area (Å²) < 4.78 is 57.4. The smallest absolute Gasteiger partial charge is 0.211 e. The van der Waals surface area contributed by atoms with Crippen molar-refractivity contribution in [1.82, 2.24) is 0 Å². The first-order valence-corrected chi connectivity index (χ1v) is 4.09. The van der Waals surface area contributed by atoms with E-state index >= 15 is 0 Å². The fourth-order valence-electron chi connectivity index (χ4n) is 0.124. The molecule has 82 valence electrons. The lowest BCUT2D eigenvalue weighted by Crippen LogP contribution is -2.40. The van der Waals surface area contributed by atoms with Crippen molar-refractivity contribution in [2.45, 2.75) is 37.2 Å². The third-order valence-electron chi connectivity index (χ3n) is 0.652. The topological polar surface area (TPSA) is 0 Å². The van der Waals surface area contributed by atoms with Crippen LogP contribution in [0.2, 0.25) is 0 Å². The maximum atomic E-state index is 11.9. The van der Waals surface area contributed by atoms with Gasteiger partial charge in [0.1, 0.15) is 0 Å². The van der Waals surface area contributed by atoms with Crippen molar-refractivity contribution in [3.63, 3.8) is 0 Å². The van der Waals surface area contributed by atoms with E-state index in [1.165, 1.54) is 6.42 Å². The van der Waals surface area contributed by atoms with Gasteiger partial charge >= 0.3 is 10.5 Å². The van der Waals surface area contributed by atoms with Gasteiger partial charge in [-0.1, -0.05) is 31.9 Å². The molecule has 0 aliphatic heterocycles. The first-order chi connectivity index (χ1) is 5.61. The van der Waals surface area contributed by atoms with Gasteiger partial charge in [-0.2, -0.15) is 8.78 Å². The standard InChI is InChI=1S/C3HCl2F5.C3H8/c4-2(8,1(6)7)3(5,9)10;1-3-2/h1H;3H2,1-2H3. The fourth-order valence-corrected chi connectivity index (χ4v) is 0.206. The minimum Gasteiger partial charge on any atom is -0.211 e. The van der Waals surface area contributed by atoms with Crippen LogP contribution in [0.1, 0.15) is 20.3 Å². The Kier molecular flexibility index (Phi) is 7.07. The van der Waals surface area contributed by atoms with Gasteiger partial charge in [-0.25, -0.2) is 13.2 Å². The molecule has 0 N–H and O–H groups in total. The average molecular weight is 247 g/mol. The van der Waals surface area contributed by atoms with Crippen LogP contribution in [0.25, 0.3) is 0 Å². The predicted molar refractivity (Wildman–Crippen MR) is 42.5 cm³/mol. The van der Waals surface area contributed by atoms with Crippen LogP contribution in [0, 0.1) is 0 Å². The molecule has 0 saturated heterocycles. The molecule has 1 atom stereocenters. The van der Waals surface area contributed by atoms with Crippen LogP contribution in [0.5, 0.6) is 0 Å². The Labute approximate surface area is 83.0 Å². The molecule has 7 heteroatoms. The molecule has 0 aromatic rings. The highest BCUT2D eigenvalue weighted by atomic mass is 35.5. The SMILES string of the molecule is CCC.FC(F)C(F)(Cl)C(F)(F)Cl. The van der Waals surface area contributed by atoms with E-state index in [4.69, 9.17) is 0 Å². The Balaban J connectivity index is 0. The van der Waals surface area contributed by atoms with E-state index in [1.807, 2.05) is 0 Å². The lowest BCUT2D eigenvalue weighted by atomic mass is 10.4. The molecule has 0 amide bonds. The Morgan fingerprint density at radius 1 is 1.08 bits per heavy atom. The number of hydrogen-bond donors (Lipinski definition) is 0. The summed E-state index contributed by atoms with van der Waals surface area (Å²) in [6, 6.07) is 0. The Bertz CT molecular complexity index is 131. The first kappa shape index (κ1) is 15.7. The molecule has 0 heterocycles. The van der Waals surface area contributed by atoms with Crippen molar-refractivity contribution in [3.8, 4) is 0 Å². The van der Waals surface area contributed by atoms with Gasteiger partial charge in [-0.3, -0.25) is 0 Å². The van der Waals surface area contributed by atoms with E-state index in [2.05, 4.69) is 37.0 Å². The second-order valence-corrected chi connectivity index (χ2v) is 3.15. The molecule has 0 aliphatic carbocycles. The van der Waals surface area contributed by atoms with Gasteiger partial charge in [0, 0.05) is 0 Å². The molecular formula is C6H9Cl2F5. The minimum atomic E-state index is -4.76. The molecule has 0 aromatic heterocycles. The second kappa shape index (κ2) is 5.86. The van der Waals surface area contributed by atoms with Gasteiger partial charge in [0.2, 0.25) is 0 Å². The molecule has 0 nitrogen and oxygen atoms in total. The molecule has 0 aromatic carbocycles. The van der Waals surface area contributed by atoms with Crippen molar-refractivity contribution >= 4 is 23.2 Å². The molecule has 0 rings (SSSR count). The van der Waals surface area contributed by atoms with E-state index in [1.54, 1.807) is 0 Å². The van der Waals surface area contributed by atoms with E-state index in [0.717, 1.165) is 0 Å². The van der Waals surface area contributed by atoms with Gasteiger partial charge in [-0.05, 0) is 11.6 Å². The molecule has 0 saturated carbocycles. The van der Waals surface area contributed by atoms with Crippen molar-refractivity contribution < 1.29 is 22.0 Å². The van der Waals surface area contributed by atoms with Gasteiger partial charge < -0.3 is 0 Å². The average Bonchev–Trinajstić information content (AvgIpc) is 1.86. The van der Waals surface area contributed by atoms with Crippen molar-refractivity contribution in [1.29, 1.82) is 0 Å². The highest BCUT2D eigenvalue weighted by Crippen LogP contribution is 2.43. The summed E-state index contributed by atoms with van der Waals surface area (Å²) in [6.45, 7) is 4.25. The highest BCUT2D eigenvalue weighted by molar-refractivity contribution is 6.32. The molecule has 0 radical (unpaired) electrons. The Morgan fingerprint density at radius 2 is 1.31 bits per heavy atom. The summed E-state index contributed by atoms with van der Waals surface area (Å²) in [6.07, 6.45) is -2.78. The van der Waals surface area contributed by atoms with E-state index < -0.39 is 16.9 Å². The summed E-state index contributed by atoms with van der Waals surface area (Å²) in [7, 11) is 0. The van der Waals surface area contributed by atoms with Gasteiger partial charge in [0.25, 0.3) is 6.43 Å². The van der Waals surface area contributed by atoms with Crippen LogP contribution >= 0.6 is 23.2 Å². The van der Waals surface area contributed by atoms with Crippen LogP contribution in [0.15, 0.2) is 0 Å². The van der Waals surface area contributed by atoms with E-state index in [9.17, 15) is 22.0 Å². The van der Waals surface area contributed by atoms with Gasteiger partial charge in [-0.15, -0.1) is 0 Å². The molecule has 1 unspecified atom stereocenters. The minimum absolute atomic E-state index is 1.25. The maximum Gasteiger partial charge on any atom is 0.374 e. The molecule has 0 aliphatic rings. The third-order valence-corrected chi connectivity index (χ3v) is 1.43.